The van der Waals surface area contributed by atoms with Gasteiger partial charge in [0.25, 0.3) is 0 Å². The van der Waals surface area contributed by atoms with Gasteiger partial charge in [-0.15, -0.1) is 10.2 Å². The van der Waals surface area contributed by atoms with E-state index in [1.165, 1.54) is 0 Å². The third-order valence-corrected chi connectivity index (χ3v) is 3.09. The van der Waals surface area contributed by atoms with E-state index in [2.05, 4.69) is 30.9 Å². The standard InChI is InChI=1S/C12H20N8/c1-4-9-16-11(8(2)12(17-9)18-13)14-6-5-10-19-15-7-20(10)3/h7H,4-6,13H2,1-3H3,(H2,14,16,17,18). The first-order valence-corrected chi connectivity index (χ1v) is 6.56. The predicted molar refractivity (Wildman–Crippen MR) is 77.2 cm³/mol. The first-order valence-electron chi connectivity index (χ1n) is 6.56. The summed E-state index contributed by atoms with van der Waals surface area (Å²) in [5, 5.41) is 11.2. The van der Waals surface area contributed by atoms with Crippen LogP contribution in [0, 0.1) is 6.92 Å². The molecule has 8 nitrogen and oxygen atoms in total. The van der Waals surface area contributed by atoms with Gasteiger partial charge < -0.3 is 15.3 Å². The van der Waals surface area contributed by atoms with Crippen molar-refractivity contribution in [1.29, 1.82) is 0 Å². The van der Waals surface area contributed by atoms with Crippen LogP contribution in [-0.4, -0.2) is 31.3 Å². The number of hydrogen-bond donors (Lipinski definition) is 3. The Morgan fingerprint density at radius 3 is 2.65 bits per heavy atom. The molecule has 0 unspecified atom stereocenters. The zero-order valence-corrected chi connectivity index (χ0v) is 12.0. The molecule has 0 aliphatic rings. The molecule has 0 amide bonds. The zero-order valence-electron chi connectivity index (χ0n) is 12.0. The summed E-state index contributed by atoms with van der Waals surface area (Å²) in [5.74, 6) is 8.61. The summed E-state index contributed by atoms with van der Waals surface area (Å²) in [4.78, 5) is 8.81. The highest BCUT2D eigenvalue weighted by atomic mass is 15.3. The van der Waals surface area contributed by atoms with Crippen molar-refractivity contribution in [3.63, 3.8) is 0 Å². The molecule has 0 fully saturated rings. The topological polar surface area (TPSA) is 107 Å². The molecule has 108 valence electrons. The number of nitrogens with one attached hydrogen (secondary N) is 2. The lowest BCUT2D eigenvalue weighted by atomic mass is 10.3. The molecule has 2 rings (SSSR count). The first kappa shape index (κ1) is 14.2. The Morgan fingerprint density at radius 2 is 2.05 bits per heavy atom. The summed E-state index contributed by atoms with van der Waals surface area (Å²) >= 11 is 0. The minimum Gasteiger partial charge on any atom is -0.369 e. The summed E-state index contributed by atoms with van der Waals surface area (Å²) in [5.41, 5.74) is 3.51. The van der Waals surface area contributed by atoms with Gasteiger partial charge in [0.1, 0.15) is 29.6 Å². The van der Waals surface area contributed by atoms with E-state index in [9.17, 15) is 0 Å². The Hall–Kier alpha value is -2.22. The number of nitrogens with two attached hydrogens (primary N) is 1. The van der Waals surface area contributed by atoms with Crippen molar-refractivity contribution in [3.8, 4) is 0 Å². The van der Waals surface area contributed by atoms with Gasteiger partial charge in [0, 0.05) is 32.0 Å². The first-order chi connectivity index (χ1) is 9.65. The predicted octanol–water partition coefficient (Wildman–Crippen LogP) is 0.416. The molecule has 2 aromatic rings. The lowest BCUT2D eigenvalue weighted by Crippen LogP contribution is -2.16. The fourth-order valence-electron chi connectivity index (χ4n) is 1.86. The third-order valence-electron chi connectivity index (χ3n) is 3.09. The Labute approximate surface area is 117 Å². The summed E-state index contributed by atoms with van der Waals surface area (Å²) in [7, 11) is 1.93. The molecule has 0 spiro atoms. The van der Waals surface area contributed by atoms with E-state index in [4.69, 9.17) is 5.84 Å². The highest BCUT2D eigenvalue weighted by Gasteiger charge is 2.09. The van der Waals surface area contributed by atoms with Crippen LogP contribution in [0.2, 0.25) is 0 Å². The molecule has 0 atom stereocenters. The number of hydrazine groups is 1. The molecule has 0 aromatic carbocycles. The highest BCUT2D eigenvalue weighted by Crippen LogP contribution is 2.19. The fourth-order valence-corrected chi connectivity index (χ4v) is 1.86. The van der Waals surface area contributed by atoms with Crippen LogP contribution < -0.4 is 16.6 Å². The van der Waals surface area contributed by atoms with Crippen molar-refractivity contribution in [3.05, 3.63) is 23.5 Å². The second kappa shape index (κ2) is 6.29. The van der Waals surface area contributed by atoms with Gasteiger partial charge in [-0.1, -0.05) is 6.92 Å². The molecule has 2 heterocycles. The monoisotopic (exact) mass is 276 g/mol. The van der Waals surface area contributed by atoms with Gasteiger partial charge in [0.15, 0.2) is 0 Å². The van der Waals surface area contributed by atoms with Crippen molar-refractivity contribution >= 4 is 11.6 Å². The number of anilines is 2. The van der Waals surface area contributed by atoms with Crippen molar-refractivity contribution in [1.82, 2.24) is 24.7 Å². The van der Waals surface area contributed by atoms with Crippen LogP contribution in [0.3, 0.4) is 0 Å². The lowest BCUT2D eigenvalue weighted by molar-refractivity contribution is 0.785. The molecule has 8 heteroatoms. The average molecular weight is 276 g/mol. The average Bonchev–Trinajstić information content (AvgIpc) is 2.86. The van der Waals surface area contributed by atoms with Crippen LogP contribution >= 0.6 is 0 Å². The molecular weight excluding hydrogens is 256 g/mol. The maximum atomic E-state index is 5.48. The van der Waals surface area contributed by atoms with E-state index in [1.807, 2.05) is 25.5 Å². The molecule has 0 saturated heterocycles. The van der Waals surface area contributed by atoms with E-state index < -0.39 is 0 Å². The third kappa shape index (κ3) is 3.02. The quantitative estimate of drug-likeness (QED) is 0.518. The molecule has 0 saturated carbocycles. The highest BCUT2D eigenvalue weighted by molar-refractivity contribution is 5.56. The number of nitrogens with zero attached hydrogens (tertiary/aromatic N) is 5. The second-order valence-electron chi connectivity index (χ2n) is 4.49. The Bertz CT molecular complexity index is 577. The number of aryl methyl sites for hydroxylation is 2. The van der Waals surface area contributed by atoms with Crippen LogP contribution in [0.1, 0.15) is 24.1 Å². The minimum atomic E-state index is 0.651. The minimum absolute atomic E-state index is 0.651. The molecule has 0 bridgehead atoms. The van der Waals surface area contributed by atoms with E-state index in [1.54, 1.807) is 6.33 Å². The SMILES string of the molecule is CCc1nc(NN)c(C)c(NCCc2nncn2C)n1. The van der Waals surface area contributed by atoms with Crippen molar-refractivity contribution < 1.29 is 0 Å². The van der Waals surface area contributed by atoms with Crippen LogP contribution in [0.25, 0.3) is 0 Å². The van der Waals surface area contributed by atoms with E-state index >= 15 is 0 Å². The number of rotatable bonds is 6. The summed E-state index contributed by atoms with van der Waals surface area (Å²) in [6.07, 6.45) is 3.22. The maximum Gasteiger partial charge on any atom is 0.148 e. The van der Waals surface area contributed by atoms with Crippen LogP contribution in [0.5, 0.6) is 0 Å². The molecular formula is C12H20N8. The second-order valence-corrected chi connectivity index (χ2v) is 4.49. The molecule has 4 N–H and O–H groups in total. The molecule has 20 heavy (non-hydrogen) atoms. The Kier molecular flexibility index (Phi) is 4.46. The Balaban J connectivity index is 2.07. The van der Waals surface area contributed by atoms with Gasteiger partial charge in [-0.25, -0.2) is 15.8 Å². The molecule has 0 aliphatic heterocycles. The smallest absolute Gasteiger partial charge is 0.148 e. The van der Waals surface area contributed by atoms with E-state index in [-0.39, 0.29) is 0 Å². The molecule has 0 aliphatic carbocycles. The molecule has 0 radical (unpaired) electrons. The number of hydrogen-bond acceptors (Lipinski definition) is 7. The van der Waals surface area contributed by atoms with Gasteiger partial charge >= 0.3 is 0 Å². The van der Waals surface area contributed by atoms with Crippen LogP contribution in [0.15, 0.2) is 6.33 Å². The fraction of sp³-hybridized carbons (Fsp3) is 0.500. The lowest BCUT2D eigenvalue weighted by Gasteiger charge is -2.13. The Morgan fingerprint density at radius 1 is 1.30 bits per heavy atom. The summed E-state index contributed by atoms with van der Waals surface area (Å²) < 4.78 is 1.90. The van der Waals surface area contributed by atoms with Crippen LogP contribution in [0.4, 0.5) is 11.6 Å². The van der Waals surface area contributed by atoms with Gasteiger partial charge in [-0.05, 0) is 6.92 Å². The van der Waals surface area contributed by atoms with Crippen molar-refractivity contribution in [2.24, 2.45) is 12.9 Å². The van der Waals surface area contributed by atoms with Crippen molar-refractivity contribution in [2.75, 3.05) is 17.3 Å². The van der Waals surface area contributed by atoms with Crippen LogP contribution in [-0.2, 0) is 19.9 Å². The largest absolute Gasteiger partial charge is 0.369 e. The van der Waals surface area contributed by atoms with Gasteiger partial charge in [0.2, 0.25) is 0 Å². The van der Waals surface area contributed by atoms with Crippen molar-refractivity contribution in [2.45, 2.75) is 26.7 Å². The number of nitrogen functional groups attached to an aromatic ring is 1. The molecule has 2 aromatic heterocycles. The zero-order chi connectivity index (χ0) is 14.5. The van der Waals surface area contributed by atoms with Gasteiger partial charge in [-0.2, -0.15) is 0 Å². The number of aromatic nitrogens is 5. The summed E-state index contributed by atoms with van der Waals surface area (Å²) in [6, 6.07) is 0. The maximum absolute atomic E-state index is 5.48. The summed E-state index contributed by atoms with van der Waals surface area (Å²) in [6.45, 7) is 4.66. The van der Waals surface area contributed by atoms with Gasteiger partial charge in [-0.3, -0.25) is 0 Å². The van der Waals surface area contributed by atoms with E-state index in [0.29, 0.717) is 5.82 Å². The van der Waals surface area contributed by atoms with Gasteiger partial charge in [0.05, 0.1) is 0 Å². The van der Waals surface area contributed by atoms with E-state index in [0.717, 1.165) is 42.4 Å². The normalized spacial score (nSPS) is 10.6.